The van der Waals surface area contributed by atoms with Gasteiger partial charge in [-0.15, -0.1) is 0 Å². The minimum Gasteiger partial charge on any atom is -0.459 e. The zero-order valence-corrected chi connectivity index (χ0v) is 16.9. The number of hydrogen-bond acceptors (Lipinski definition) is 5. The molecule has 2 N–H and O–H groups in total. The highest BCUT2D eigenvalue weighted by Crippen LogP contribution is 2.16. The van der Waals surface area contributed by atoms with Gasteiger partial charge >= 0.3 is 5.97 Å². The molecule has 0 amide bonds. The summed E-state index contributed by atoms with van der Waals surface area (Å²) in [6.45, 7) is 8.26. The van der Waals surface area contributed by atoms with E-state index in [2.05, 4.69) is 12.2 Å². The molecule has 5 heteroatoms. The summed E-state index contributed by atoms with van der Waals surface area (Å²) in [5.41, 5.74) is 0.564. The first-order valence-electron chi connectivity index (χ1n) is 8.97. The molecular formula is C20H33NO3S. The number of aliphatic hydroxyl groups is 1. The van der Waals surface area contributed by atoms with Gasteiger partial charge in [0.05, 0.1) is 6.10 Å². The van der Waals surface area contributed by atoms with Crippen LogP contribution in [0.2, 0.25) is 0 Å². The van der Waals surface area contributed by atoms with Gasteiger partial charge in [0.15, 0.2) is 0 Å². The summed E-state index contributed by atoms with van der Waals surface area (Å²) < 4.78 is 5.58. The lowest BCUT2D eigenvalue weighted by molar-refractivity contribution is -0.157. The number of nitrogens with one attached hydrogen (secondary N) is 1. The Morgan fingerprint density at radius 3 is 2.44 bits per heavy atom. The summed E-state index contributed by atoms with van der Waals surface area (Å²) in [4.78, 5) is 12.6. The van der Waals surface area contributed by atoms with Crippen molar-refractivity contribution in [1.82, 2.24) is 5.32 Å². The lowest BCUT2D eigenvalue weighted by atomic mass is 10.0. The van der Waals surface area contributed by atoms with E-state index >= 15 is 0 Å². The van der Waals surface area contributed by atoms with Crippen LogP contribution in [-0.2, 0) is 16.0 Å². The van der Waals surface area contributed by atoms with Gasteiger partial charge in [0.1, 0.15) is 11.6 Å². The summed E-state index contributed by atoms with van der Waals surface area (Å²) in [5, 5.41) is 13.6. The Kier molecular flexibility index (Phi) is 9.54. The van der Waals surface area contributed by atoms with Gasteiger partial charge in [-0.3, -0.25) is 4.79 Å². The van der Waals surface area contributed by atoms with Gasteiger partial charge in [0, 0.05) is 11.8 Å². The first kappa shape index (κ1) is 22.0. The van der Waals surface area contributed by atoms with Crippen LogP contribution in [0.1, 0.15) is 46.1 Å². The molecule has 0 bridgehead atoms. The maximum Gasteiger partial charge on any atom is 0.323 e. The summed E-state index contributed by atoms with van der Waals surface area (Å²) in [5.74, 6) is -0.249. The number of rotatable bonds is 10. The van der Waals surface area contributed by atoms with Crippen LogP contribution in [0.5, 0.6) is 0 Å². The van der Waals surface area contributed by atoms with Crippen molar-refractivity contribution in [2.45, 2.75) is 70.0 Å². The zero-order valence-electron chi connectivity index (χ0n) is 16.1. The van der Waals surface area contributed by atoms with Crippen LogP contribution in [-0.4, -0.2) is 46.9 Å². The van der Waals surface area contributed by atoms with Gasteiger partial charge in [-0.2, -0.15) is 11.8 Å². The summed E-state index contributed by atoms with van der Waals surface area (Å²) in [6.07, 6.45) is 3.90. The number of hydrogen-bond donors (Lipinski definition) is 2. The summed E-state index contributed by atoms with van der Waals surface area (Å²) in [6, 6.07) is 9.50. The number of esters is 1. The molecule has 0 aliphatic carbocycles. The van der Waals surface area contributed by atoms with Crippen molar-refractivity contribution in [2.24, 2.45) is 0 Å². The molecule has 1 aromatic rings. The van der Waals surface area contributed by atoms with E-state index in [4.69, 9.17) is 4.74 Å². The number of benzene rings is 1. The normalized spacial score (nSPS) is 15.4. The Morgan fingerprint density at radius 2 is 1.92 bits per heavy atom. The average Bonchev–Trinajstić information content (AvgIpc) is 2.54. The first-order valence-corrected chi connectivity index (χ1v) is 10.3. The van der Waals surface area contributed by atoms with E-state index in [0.717, 1.165) is 18.4 Å². The maximum atomic E-state index is 12.6. The Hall–Kier alpha value is -1.04. The first-order chi connectivity index (χ1) is 11.8. The minimum atomic E-state index is -0.520. The van der Waals surface area contributed by atoms with Crippen molar-refractivity contribution in [1.29, 1.82) is 0 Å². The second kappa shape index (κ2) is 10.8. The third-order valence-electron chi connectivity index (χ3n) is 3.86. The highest BCUT2D eigenvalue weighted by Gasteiger charge is 2.27. The molecule has 0 heterocycles. The lowest BCUT2D eigenvalue weighted by Gasteiger charge is -2.27. The molecule has 4 nitrogen and oxygen atoms in total. The largest absolute Gasteiger partial charge is 0.459 e. The van der Waals surface area contributed by atoms with Crippen molar-refractivity contribution in [3.05, 3.63) is 35.9 Å². The molecule has 0 saturated carbocycles. The third-order valence-corrected chi connectivity index (χ3v) is 4.94. The van der Waals surface area contributed by atoms with E-state index in [-0.39, 0.29) is 17.3 Å². The SMILES string of the molecule is CCC[C@H](O)[C@H](CN[C@@H](Cc1ccccc1)C(=O)OC(C)(C)C)SC. The topological polar surface area (TPSA) is 58.6 Å². The molecule has 0 aromatic heterocycles. The fraction of sp³-hybridized carbons (Fsp3) is 0.650. The Morgan fingerprint density at radius 1 is 1.28 bits per heavy atom. The molecule has 3 atom stereocenters. The van der Waals surface area contributed by atoms with E-state index in [0.29, 0.717) is 13.0 Å². The fourth-order valence-corrected chi connectivity index (χ4v) is 3.29. The summed E-state index contributed by atoms with van der Waals surface area (Å²) in [7, 11) is 0. The number of thioether (sulfide) groups is 1. The predicted molar refractivity (Wildman–Crippen MR) is 106 cm³/mol. The standard InChI is InChI=1S/C20H33NO3S/c1-6-10-17(22)18(25-5)14-21-16(19(23)24-20(2,3)4)13-15-11-8-7-9-12-15/h7-9,11-12,16-18,21-22H,6,10,13-14H2,1-5H3/t16-,17-,18-/m0/s1. The van der Waals surface area contributed by atoms with E-state index in [9.17, 15) is 9.90 Å². The molecule has 0 unspecified atom stereocenters. The Balaban J connectivity index is 2.77. The van der Waals surface area contributed by atoms with E-state index in [1.54, 1.807) is 11.8 Å². The second-order valence-electron chi connectivity index (χ2n) is 7.31. The molecule has 0 saturated heterocycles. The quantitative estimate of drug-likeness (QED) is 0.621. The van der Waals surface area contributed by atoms with Crippen LogP contribution < -0.4 is 5.32 Å². The van der Waals surface area contributed by atoms with Crippen LogP contribution in [0.15, 0.2) is 30.3 Å². The van der Waals surface area contributed by atoms with Gasteiger partial charge in [-0.1, -0.05) is 43.7 Å². The van der Waals surface area contributed by atoms with Crippen LogP contribution >= 0.6 is 11.8 Å². The lowest BCUT2D eigenvalue weighted by Crippen LogP contribution is -2.46. The molecule has 0 spiro atoms. The maximum absolute atomic E-state index is 12.6. The van der Waals surface area contributed by atoms with Crippen LogP contribution in [0.3, 0.4) is 0 Å². The molecule has 0 aliphatic rings. The molecule has 0 aliphatic heterocycles. The number of ether oxygens (including phenoxy) is 1. The van der Waals surface area contributed by atoms with E-state index in [1.807, 2.05) is 57.4 Å². The van der Waals surface area contributed by atoms with Crippen molar-refractivity contribution in [3.63, 3.8) is 0 Å². The number of carbonyl (C=O) groups is 1. The monoisotopic (exact) mass is 367 g/mol. The van der Waals surface area contributed by atoms with Gasteiger partial charge in [0.2, 0.25) is 0 Å². The van der Waals surface area contributed by atoms with Crippen LogP contribution in [0, 0.1) is 0 Å². The highest BCUT2D eigenvalue weighted by atomic mass is 32.2. The number of aliphatic hydroxyl groups excluding tert-OH is 1. The van der Waals surface area contributed by atoms with Crippen molar-refractivity contribution >= 4 is 17.7 Å². The molecule has 1 rings (SSSR count). The fourth-order valence-electron chi connectivity index (χ4n) is 2.58. The molecule has 142 valence electrons. The second-order valence-corrected chi connectivity index (χ2v) is 8.39. The third kappa shape index (κ3) is 8.75. The van der Waals surface area contributed by atoms with E-state index in [1.165, 1.54) is 0 Å². The Bertz CT molecular complexity index is 501. The highest BCUT2D eigenvalue weighted by molar-refractivity contribution is 7.99. The molecule has 0 fully saturated rings. The molecular weight excluding hydrogens is 334 g/mol. The van der Waals surface area contributed by atoms with Crippen molar-refractivity contribution in [3.8, 4) is 0 Å². The molecule has 1 aromatic carbocycles. The van der Waals surface area contributed by atoms with Crippen LogP contribution in [0.4, 0.5) is 0 Å². The average molecular weight is 368 g/mol. The smallest absolute Gasteiger partial charge is 0.323 e. The Labute approximate surface area is 156 Å². The van der Waals surface area contributed by atoms with Gasteiger partial charge in [-0.25, -0.2) is 0 Å². The number of carbonyl (C=O) groups excluding carboxylic acids is 1. The van der Waals surface area contributed by atoms with Crippen LogP contribution in [0.25, 0.3) is 0 Å². The van der Waals surface area contributed by atoms with Gasteiger partial charge in [-0.05, 0) is 45.4 Å². The van der Waals surface area contributed by atoms with Gasteiger partial charge in [0.25, 0.3) is 0 Å². The van der Waals surface area contributed by atoms with Gasteiger partial charge < -0.3 is 15.2 Å². The predicted octanol–water partition coefficient (Wildman–Crippen LogP) is 3.42. The molecule has 25 heavy (non-hydrogen) atoms. The van der Waals surface area contributed by atoms with Crippen molar-refractivity contribution < 1.29 is 14.6 Å². The summed E-state index contributed by atoms with van der Waals surface area (Å²) >= 11 is 1.63. The molecule has 0 radical (unpaired) electrons. The minimum absolute atomic E-state index is 0.0562. The van der Waals surface area contributed by atoms with E-state index < -0.39 is 11.6 Å². The zero-order chi connectivity index (χ0) is 18.9. The van der Waals surface area contributed by atoms with Crippen molar-refractivity contribution in [2.75, 3.05) is 12.8 Å².